The fraction of sp³-hybridized carbons (Fsp3) is 0.300. The Morgan fingerprint density at radius 1 is 1.54 bits per heavy atom. The Morgan fingerprint density at radius 2 is 2.31 bits per heavy atom. The van der Waals surface area contributed by atoms with Crippen LogP contribution in [0.25, 0.3) is 0 Å². The van der Waals surface area contributed by atoms with Gasteiger partial charge in [0.2, 0.25) is 0 Å². The van der Waals surface area contributed by atoms with Gasteiger partial charge in [-0.1, -0.05) is 22.0 Å². The Hall–Kier alpha value is -0.280. The minimum Gasteiger partial charge on any atom is -0.303 e. The number of aldehydes is 1. The molecule has 0 saturated carbocycles. The van der Waals surface area contributed by atoms with Crippen molar-refractivity contribution in [3.8, 4) is 0 Å². The van der Waals surface area contributed by atoms with E-state index in [-0.39, 0.29) is 0 Å². The number of benzene rings is 1. The van der Waals surface area contributed by atoms with E-state index in [0.717, 1.165) is 17.2 Å². The number of hydrogen-bond donors (Lipinski definition) is 0. The fourth-order valence-electron chi connectivity index (χ4n) is 1.18. The van der Waals surface area contributed by atoms with Gasteiger partial charge in [0.05, 0.1) is 0 Å². The molecule has 0 unspecified atom stereocenters. The van der Waals surface area contributed by atoms with Crippen molar-refractivity contribution >= 4 is 34.0 Å². The molecule has 0 saturated heterocycles. The van der Waals surface area contributed by atoms with Gasteiger partial charge in [-0.15, -0.1) is 11.8 Å². The van der Waals surface area contributed by atoms with E-state index < -0.39 is 0 Å². The summed E-state index contributed by atoms with van der Waals surface area (Å²) in [7, 11) is 0. The van der Waals surface area contributed by atoms with E-state index in [9.17, 15) is 4.79 Å². The molecular formula is C10H11BrOS. The molecule has 0 spiro atoms. The van der Waals surface area contributed by atoms with Crippen molar-refractivity contribution < 1.29 is 4.79 Å². The number of halogens is 1. The lowest BCUT2D eigenvalue weighted by Crippen LogP contribution is -1.90. The molecule has 0 atom stereocenters. The zero-order valence-electron chi connectivity index (χ0n) is 7.42. The number of carbonyl (C=O) groups excluding carboxylic acids is 1. The Bertz CT molecular complexity index is 299. The number of carbonyl (C=O) groups is 1. The van der Waals surface area contributed by atoms with E-state index in [1.54, 1.807) is 11.8 Å². The van der Waals surface area contributed by atoms with Gasteiger partial charge >= 0.3 is 0 Å². The van der Waals surface area contributed by atoms with E-state index in [2.05, 4.69) is 22.0 Å². The van der Waals surface area contributed by atoms with Crippen molar-refractivity contribution in [1.29, 1.82) is 0 Å². The van der Waals surface area contributed by atoms with Crippen LogP contribution >= 0.6 is 27.7 Å². The van der Waals surface area contributed by atoms with Crippen molar-refractivity contribution in [3.63, 3.8) is 0 Å². The molecule has 13 heavy (non-hydrogen) atoms. The SMILES string of the molecule is CSc1cccc(Br)c1CCC=O. The Kier molecular flexibility index (Phi) is 4.53. The van der Waals surface area contributed by atoms with E-state index >= 15 is 0 Å². The van der Waals surface area contributed by atoms with E-state index in [0.29, 0.717) is 6.42 Å². The predicted molar refractivity (Wildman–Crippen MR) is 60.3 cm³/mol. The highest BCUT2D eigenvalue weighted by Gasteiger charge is 2.04. The van der Waals surface area contributed by atoms with E-state index in [4.69, 9.17) is 0 Å². The quantitative estimate of drug-likeness (QED) is 0.609. The summed E-state index contributed by atoms with van der Waals surface area (Å²) < 4.78 is 1.10. The van der Waals surface area contributed by atoms with Gasteiger partial charge in [-0.05, 0) is 30.4 Å². The highest BCUT2D eigenvalue weighted by molar-refractivity contribution is 9.10. The van der Waals surface area contributed by atoms with Crippen LogP contribution in [0.1, 0.15) is 12.0 Å². The Labute approximate surface area is 91.0 Å². The second kappa shape index (κ2) is 5.45. The molecule has 70 valence electrons. The molecule has 0 amide bonds. The first-order valence-electron chi connectivity index (χ1n) is 4.04. The first-order chi connectivity index (χ1) is 6.29. The van der Waals surface area contributed by atoms with Gasteiger partial charge in [0.1, 0.15) is 6.29 Å². The monoisotopic (exact) mass is 258 g/mol. The Morgan fingerprint density at radius 3 is 2.92 bits per heavy atom. The predicted octanol–water partition coefficient (Wildman–Crippen LogP) is 3.30. The fourth-order valence-corrected chi connectivity index (χ4v) is 2.54. The van der Waals surface area contributed by atoms with Crippen molar-refractivity contribution in [1.82, 2.24) is 0 Å². The van der Waals surface area contributed by atoms with Crippen LogP contribution in [0.4, 0.5) is 0 Å². The third-order valence-corrected chi connectivity index (χ3v) is 3.37. The summed E-state index contributed by atoms with van der Waals surface area (Å²) in [5.41, 5.74) is 1.24. The molecule has 0 N–H and O–H groups in total. The molecule has 0 aromatic heterocycles. The lowest BCUT2D eigenvalue weighted by atomic mass is 10.1. The minimum absolute atomic E-state index is 0.593. The van der Waals surface area contributed by atoms with E-state index in [1.165, 1.54) is 10.5 Å². The van der Waals surface area contributed by atoms with Gasteiger partial charge in [-0.2, -0.15) is 0 Å². The van der Waals surface area contributed by atoms with Crippen molar-refractivity contribution in [2.45, 2.75) is 17.7 Å². The summed E-state index contributed by atoms with van der Waals surface area (Å²) in [5.74, 6) is 0. The van der Waals surface area contributed by atoms with Gasteiger partial charge in [-0.3, -0.25) is 0 Å². The van der Waals surface area contributed by atoms with Crippen LogP contribution in [0.15, 0.2) is 27.6 Å². The zero-order chi connectivity index (χ0) is 9.68. The number of rotatable bonds is 4. The van der Waals surface area contributed by atoms with Gasteiger partial charge < -0.3 is 4.79 Å². The first kappa shape index (κ1) is 10.8. The van der Waals surface area contributed by atoms with Crippen LogP contribution < -0.4 is 0 Å². The van der Waals surface area contributed by atoms with Gasteiger partial charge in [-0.25, -0.2) is 0 Å². The molecule has 0 aliphatic carbocycles. The maximum absolute atomic E-state index is 10.3. The average molecular weight is 259 g/mol. The highest BCUT2D eigenvalue weighted by atomic mass is 79.9. The second-order valence-electron chi connectivity index (χ2n) is 2.63. The molecule has 1 nitrogen and oxygen atoms in total. The van der Waals surface area contributed by atoms with Gasteiger partial charge in [0.25, 0.3) is 0 Å². The van der Waals surface area contributed by atoms with Crippen LogP contribution in [-0.2, 0) is 11.2 Å². The number of thioether (sulfide) groups is 1. The van der Waals surface area contributed by atoms with E-state index in [1.807, 2.05) is 18.4 Å². The van der Waals surface area contributed by atoms with Gasteiger partial charge in [0.15, 0.2) is 0 Å². The molecule has 1 rings (SSSR count). The largest absolute Gasteiger partial charge is 0.303 e. The molecule has 0 aliphatic heterocycles. The lowest BCUT2D eigenvalue weighted by molar-refractivity contribution is -0.107. The van der Waals surface area contributed by atoms with Crippen LogP contribution in [0, 0.1) is 0 Å². The summed E-state index contributed by atoms with van der Waals surface area (Å²) in [6.07, 6.45) is 4.42. The van der Waals surface area contributed by atoms with Gasteiger partial charge in [0, 0.05) is 15.8 Å². The summed E-state index contributed by atoms with van der Waals surface area (Å²) in [4.78, 5) is 11.5. The Balaban J connectivity index is 2.93. The highest BCUT2D eigenvalue weighted by Crippen LogP contribution is 2.28. The van der Waals surface area contributed by atoms with Crippen LogP contribution in [-0.4, -0.2) is 12.5 Å². The molecular weight excluding hydrogens is 248 g/mol. The summed E-state index contributed by atoms with van der Waals surface area (Å²) >= 11 is 5.20. The topological polar surface area (TPSA) is 17.1 Å². The molecule has 0 heterocycles. The maximum atomic E-state index is 10.3. The van der Waals surface area contributed by atoms with Crippen LogP contribution in [0.5, 0.6) is 0 Å². The molecule has 3 heteroatoms. The molecule has 0 radical (unpaired) electrons. The molecule has 0 aliphatic rings. The molecule has 0 fully saturated rings. The third-order valence-electron chi connectivity index (χ3n) is 1.81. The summed E-state index contributed by atoms with van der Waals surface area (Å²) in [5, 5.41) is 0. The smallest absolute Gasteiger partial charge is 0.120 e. The average Bonchev–Trinajstić information content (AvgIpc) is 2.15. The third kappa shape index (κ3) is 2.85. The normalized spacial score (nSPS) is 10.0. The van der Waals surface area contributed by atoms with Crippen LogP contribution in [0.3, 0.4) is 0 Å². The minimum atomic E-state index is 0.593. The van der Waals surface area contributed by atoms with Crippen molar-refractivity contribution in [2.75, 3.05) is 6.26 Å². The van der Waals surface area contributed by atoms with Crippen molar-refractivity contribution in [3.05, 3.63) is 28.2 Å². The molecule has 1 aromatic rings. The summed E-state index contributed by atoms with van der Waals surface area (Å²) in [6, 6.07) is 6.11. The second-order valence-corrected chi connectivity index (χ2v) is 4.33. The van der Waals surface area contributed by atoms with Crippen molar-refractivity contribution in [2.24, 2.45) is 0 Å². The number of hydrogen-bond acceptors (Lipinski definition) is 2. The maximum Gasteiger partial charge on any atom is 0.120 e. The zero-order valence-corrected chi connectivity index (χ0v) is 9.82. The summed E-state index contributed by atoms with van der Waals surface area (Å²) in [6.45, 7) is 0. The molecule has 0 bridgehead atoms. The van der Waals surface area contributed by atoms with Crippen LogP contribution in [0.2, 0.25) is 0 Å². The lowest BCUT2D eigenvalue weighted by Gasteiger charge is -2.07. The molecule has 1 aromatic carbocycles. The first-order valence-corrected chi connectivity index (χ1v) is 6.06. The standard InChI is InChI=1S/C10H11BrOS/c1-13-10-6-2-5-9(11)8(10)4-3-7-12/h2,5-7H,3-4H2,1H3.